The van der Waals surface area contributed by atoms with Crippen LogP contribution < -0.4 is 4.90 Å². The van der Waals surface area contributed by atoms with Gasteiger partial charge in [0.15, 0.2) is 0 Å². The number of aromatic nitrogens is 1. The lowest BCUT2D eigenvalue weighted by atomic mass is 9.78. The number of pyridine rings is 1. The van der Waals surface area contributed by atoms with Gasteiger partial charge in [0.25, 0.3) is 0 Å². The van der Waals surface area contributed by atoms with Gasteiger partial charge in [-0.05, 0) is 57.6 Å². The molecule has 2 aliphatic rings. The lowest BCUT2D eigenvalue weighted by Crippen LogP contribution is -2.47. The Hall–Kier alpha value is -1.88. The van der Waals surface area contributed by atoms with Crippen molar-refractivity contribution in [3.05, 3.63) is 24.1 Å². The van der Waals surface area contributed by atoms with Crippen LogP contribution in [0.3, 0.4) is 0 Å². The molecule has 2 aromatic rings. The number of carbonyl (C=O) groups excluding carboxylic acids is 1. The highest BCUT2D eigenvalue weighted by atomic mass is 16.3. The van der Waals surface area contributed by atoms with Crippen LogP contribution in [0, 0.1) is 18.8 Å². The summed E-state index contributed by atoms with van der Waals surface area (Å²) in [6, 6.07) is 4.05. The van der Waals surface area contributed by atoms with Crippen LogP contribution in [0.4, 0.5) is 5.82 Å². The van der Waals surface area contributed by atoms with E-state index in [0.717, 1.165) is 61.0 Å². The number of hydrogen-bond donors (Lipinski definition) is 0. The Morgan fingerprint density at radius 2 is 1.86 bits per heavy atom. The second-order valence-electron chi connectivity index (χ2n) is 8.83. The summed E-state index contributed by atoms with van der Waals surface area (Å²) in [6.45, 7) is 9.24. The van der Waals surface area contributed by atoms with E-state index in [0.29, 0.717) is 11.7 Å². The van der Waals surface area contributed by atoms with E-state index in [1.807, 2.05) is 19.1 Å². The Labute approximate surface area is 168 Å². The Morgan fingerprint density at radius 1 is 1.14 bits per heavy atom. The van der Waals surface area contributed by atoms with Gasteiger partial charge in [0.1, 0.15) is 17.2 Å². The second kappa shape index (κ2) is 8.64. The van der Waals surface area contributed by atoms with Gasteiger partial charge in [-0.2, -0.15) is 0 Å². The minimum atomic E-state index is 0.358. The van der Waals surface area contributed by atoms with E-state index in [4.69, 9.17) is 9.40 Å². The fourth-order valence-electron chi connectivity index (χ4n) is 4.99. The average Bonchev–Trinajstić information content (AvgIpc) is 3.15. The molecule has 2 fully saturated rings. The molecule has 0 N–H and O–H groups in total. The van der Waals surface area contributed by atoms with Crippen molar-refractivity contribution in [1.82, 2.24) is 9.88 Å². The van der Waals surface area contributed by atoms with Crippen LogP contribution in [0.2, 0.25) is 0 Å². The fraction of sp³-hybridized carbons (Fsp3) is 0.652. The number of fused-ring (bicyclic) bond motifs is 1. The zero-order valence-corrected chi connectivity index (χ0v) is 17.3. The fourth-order valence-corrected chi connectivity index (χ4v) is 4.99. The highest BCUT2D eigenvalue weighted by Crippen LogP contribution is 2.33. The maximum absolute atomic E-state index is 11.3. The molecule has 0 aromatic carbocycles. The summed E-state index contributed by atoms with van der Waals surface area (Å²) in [5, 5.41) is 1.13. The van der Waals surface area contributed by atoms with E-state index < -0.39 is 0 Å². The smallest absolute Gasteiger partial charge is 0.140 e. The molecule has 0 amide bonds. The van der Waals surface area contributed by atoms with Crippen LogP contribution in [0.15, 0.2) is 22.8 Å². The normalized spacial score (nSPS) is 24.0. The van der Waals surface area contributed by atoms with Crippen molar-refractivity contribution in [2.24, 2.45) is 11.8 Å². The van der Waals surface area contributed by atoms with Crippen LogP contribution in [-0.4, -0.2) is 48.4 Å². The van der Waals surface area contributed by atoms with Gasteiger partial charge < -0.3 is 14.1 Å². The third-order valence-electron chi connectivity index (χ3n) is 6.63. The van der Waals surface area contributed by atoms with Crippen molar-refractivity contribution in [3.63, 3.8) is 0 Å². The molecule has 0 spiro atoms. The number of aryl methyl sites for hydroxylation is 1. The largest absolute Gasteiger partial charge is 0.464 e. The van der Waals surface area contributed by atoms with Crippen molar-refractivity contribution in [3.8, 4) is 0 Å². The molecule has 0 unspecified atom stereocenters. The second-order valence-corrected chi connectivity index (χ2v) is 8.83. The van der Waals surface area contributed by atoms with E-state index in [2.05, 4.69) is 9.80 Å². The minimum Gasteiger partial charge on any atom is -0.464 e. The van der Waals surface area contributed by atoms with Crippen molar-refractivity contribution >= 4 is 22.6 Å². The predicted molar refractivity (Wildman–Crippen MR) is 113 cm³/mol. The first-order chi connectivity index (χ1) is 13.6. The lowest BCUT2D eigenvalue weighted by molar-refractivity contribution is -0.118. The predicted octanol–water partition coefficient (Wildman–Crippen LogP) is 4.43. The molecular weight excluding hydrogens is 350 g/mol. The molecule has 4 rings (SSSR count). The first-order valence-corrected chi connectivity index (χ1v) is 10.9. The number of ketones is 1. The highest BCUT2D eigenvalue weighted by molar-refractivity contribution is 5.89. The average molecular weight is 384 g/mol. The zero-order valence-electron chi connectivity index (χ0n) is 17.3. The molecule has 152 valence electrons. The van der Waals surface area contributed by atoms with Crippen molar-refractivity contribution in [2.75, 3.05) is 37.6 Å². The molecule has 1 aliphatic carbocycles. The number of hydrogen-bond acceptors (Lipinski definition) is 5. The number of Topliss-reactive ketones (excluding diaryl/α,β-unsaturated/α-hetero) is 1. The number of anilines is 1. The van der Waals surface area contributed by atoms with Crippen molar-refractivity contribution in [2.45, 2.75) is 52.4 Å². The van der Waals surface area contributed by atoms with Gasteiger partial charge in [0.05, 0.1) is 11.6 Å². The number of piperazine rings is 1. The van der Waals surface area contributed by atoms with Crippen LogP contribution in [0.5, 0.6) is 0 Å². The molecule has 1 aliphatic heterocycles. The molecule has 1 saturated carbocycles. The first-order valence-electron chi connectivity index (χ1n) is 10.9. The maximum atomic E-state index is 11.3. The number of nitrogens with zero attached hydrogens (tertiary/aromatic N) is 3. The van der Waals surface area contributed by atoms with Crippen LogP contribution in [0.25, 0.3) is 11.0 Å². The molecule has 5 nitrogen and oxygen atoms in total. The maximum Gasteiger partial charge on any atom is 0.140 e. The number of carbonyl (C=O) groups is 1. The van der Waals surface area contributed by atoms with Gasteiger partial charge in [-0.25, -0.2) is 4.98 Å². The Balaban J connectivity index is 1.24. The van der Waals surface area contributed by atoms with Gasteiger partial charge >= 0.3 is 0 Å². The van der Waals surface area contributed by atoms with Crippen molar-refractivity contribution in [1.29, 1.82) is 0 Å². The number of furan rings is 1. The molecular formula is C23H33N3O2. The van der Waals surface area contributed by atoms with E-state index in [9.17, 15) is 4.79 Å². The molecule has 0 bridgehead atoms. The Morgan fingerprint density at radius 3 is 2.57 bits per heavy atom. The van der Waals surface area contributed by atoms with Crippen LogP contribution >= 0.6 is 0 Å². The van der Waals surface area contributed by atoms with Crippen LogP contribution in [0.1, 0.15) is 51.1 Å². The summed E-state index contributed by atoms with van der Waals surface area (Å²) in [4.78, 5) is 21.1. The van der Waals surface area contributed by atoms with E-state index in [-0.39, 0.29) is 0 Å². The molecule has 28 heavy (non-hydrogen) atoms. The van der Waals surface area contributed by atoms with Gasteiger partial charge in [-0.15, -0.1) is 0 Å². The summed E-state index contributed by atoms with van der Waals surface area (Å²) in [5.41, 5.74) is 1.95. The summed E-state index contributed by atoms with van der Waals surface area (Å²) in [6.07, 6.45) is 8.98. The summed E-state index contributed by atoms with van der Waals surface area (Å²) in [5.74, 6) is 2.94. The van der Waals surface area contributed by atoms with Gasteiger partial charge in [-0.3, -0.25) is 4.90 Å². The molecule has 0 radical (unpaired) electrons. The minimum absolute atomic E-state index is 0.358. The number of rotatable bonds is 6. The quantitative estimate of drug-likeness (QED) is 0.738. The van der Waals surface area contributed by atoms with Gasteiger partial charge in [0.2, 0.25) is 0 Å². The van der Waals surface area contributed by atoms with Crippen LogP contribution in [-0.2, 0) is 4.79 Å². The summed E-state index contributed by atoms with van der Waals surface area (Å²) < 4.78 is 5.59. The lowest BCUT2D eigenvalue weighted by Gasteiger charge is -2.37. The molecule has 0 atom stereocenters. The third kappa shape index (κ3) is 4.57. The highest BCUT2D eigenvalue weighted by Gasteiger charge is 2.24. The SMILES string of the molecule is CC(=O)CC1CCC(CCN2CCN(c3nc(C)cc4occc34)CC2)CC1. The van der Waals surface area contributed by atoms with Crippen molar-refractivity contribution < 1.29 is 9.21 Å². The van der Waals surface area contributed by atoms with Gasteiger partial charge in [-0.1, -0.05) is 12.8 Å². The Kier molecular flexibility index (Phi) is 6.00. The van der Waals surface area contributed by atoms with E-state index >= 15 is 0 Å². The zero-order chi connectivity index (χ0) is 19.5. The molecule has 3 heterocycles. The van der Waals surface area contributed by atoms with Gasteiger partial charge in [0, 0.05) is 44.4 Å². The summed E-state index contributed by atoms with van der Waals surface area (Å²) in [7, 11) is 0. The molecule has 5 heteroatoms. The molecule has 1 saturated heterocycles. The van der Waals surface area contributed by atoms with E-state index in [1.54, 1.807) is 13.2 Å². The topological polar surface area (TPSA) is 49.6 Å². The first kappa shape index (κ1) is 19.4. The molecule has 2 aromatic heterocycles. The standard InChI is InChI=1S/C23H33N3O2/c1-17-15-22-21(8-14-28-22)23(24-17)26-12-10-25(11-13-26)9-7-19-3-5-20(6-4-19)16-18(2)27/h8,14-15,19-20H,3-7,9-13,16H2,1-2H3. The monoisotopic (exact) mass is 383 g/mol. The Bertz CT molecular complexity index is 799. The third-order valence-corrected chi connectivity index (χ3v) is 6.63. The summed E-state index contributed by atoms with van der Waals surface area (Å²) >= 11 is 0. The van der Waals surface area contributed by atoms with E-state index in [1.165, 1.54) is 38.6 Å².